The third-order valence-electron chi connectivity index (χ3n) is 2.95. The normalized spacial score (nSPS) is 10.2. The molecule has 0 saturated carbocycles. The molecule has 0 saturated heterocycles. The summed E-state index contributed by atoms with van der Waals surface area (Å²) in [5.74, 6) is 1.02. The third kappa shape index (κ3) is 6.47. The van der Waals surface area contributed by atoms with Crippen LogP contribution in [-0.2, 0) is 16.0 Å². The van der Waals surface area contributed by atoms with Gasteiger partial charge in [0.15, 0.2) is 0 Å². The fourth-order valence-corrected chi connectivity index (χ4v) is 1.91. The Balaban J connectivity index is 2.45. The number of methoxy groups -OCH3 is 2. The zero-order valence-corrected chi connectivity index (χ0v) is 13.6. The Hall–Kier alpha value is -2.24. The fourth-order valence-electron chi connectivity index (χ4n) is 1.91. The van der Waals surface area contributed by atoms with Crippen LogP contribution in [0.2, 0.25) is 0 Å². The van der Waals surface area contributed by atoms with Crippen LogP contribution in [0.15, 0.2) is 18.2 Å². The van der Waals surface area contributed by atoms with Crippen molar-refractivity contribution in [1.29, 1.82) is 0 Å². The standard InChI is InChI=1S/C16H24N2O4/c1-11(2)18-16(20)10-17-15(19)6-5-12-7-13(21-3)9-14(8-12)22-4/h7-9,11H,5-6,10H2,1-4H3,(H,17,19)(H,18,20). The van der Waals surface area contributed by atoms with Gasteiger partial charge < -0.3 is 20.1 Å². The summed E-state index contributed by atoms with van der Waals surface area (Å²) in [4.78, 5) is 23.2. The van der Waals surface area contributed by atoms with Crippen molar-refractivity contribution in [3.63, 3.8) is 0 Å². The maximum atomic E-state index is 11.8. The van der Waals surface area contributed by atoms with Crippen LogP contribution in [0.4, 0.5) is 0 Å². The lowest BCUT2D eigenvalue weighted by molar-refractivity contribution is -0.126. The van der Waals surface area contributed by atoms with E-state index in [1.165, 1.54) is 0 Å². The summed E-state index contributed by atoms with van der Waals surface area (Å²) in [6.45, 7) is 3.74. The number of rotatable bonds is 8. The number of hydrogen-bond acceptors (Lipinski definition) is 4. The van der Waals surface area contributed by atoms with Crippen molar-refractivity contribution in [2.75, 3.05) is 20.8 Å². The highest BCUT2D eigenvalue weighted by Gasteiger charge is 2.08. The summed E-state index contributed by atoms with van der Waals surface area (Å²) in [7, 11) is 3.16. The molecule has 0 aliphatic heterocycles. The van der Waals surface area contributed by atoms with Crippen molar-refractivity contribution in [2.45, 2.75) is 32.7 Å². The number of hydrogen-bond donors (Lipinski definition) is 2. The van der Waals surface area contributed by atoms with E-state index in [0.717, 1.165) is 5.56 Å². The molecule has 0 bridgehead atoms. The van der Waals surface area contributed by atoms with Gasteiger partial charge in [0, 0.05) is 18.5 Å². The molecule has 2 amide bonds. The molecule has 0 aliphatic carbocycles. The molecule has 0 spiro atoms. The van der Waals surface area contributed by atoms with E-state index >= 15 is 0 Å². The van der Waals surface area contributed by atoms with Gasteiger partial charge in [0.25, 0.3) is 0 Å². The van der Waals surface area contributed by atoms with Gasteiger partial charge in [0.05, 0.1) is 20.8 Å². The molecule has 22 heavy (non-hydrogen) atoms. The highest BCUT2D eigenvalue weighted by atomic mass is 16.5. The summed E-state index contributed by atoms with van der Waals surface area (Å²) in [5.41, 5.74) is 0.943. The van der Waals surface area contributed by atoms with Crippen molar-refractivity contribution in [1.82, 2.24) is 10.6 Å². The maximum absolute atomic E-state index is 11.8. The first-order valence-corrected chi connectivity index (χ1v) is 7.22. The lowest BCUT2D eigenvalue weighted by atomic mass is 10.1. The van der Waals surface area contributed by atoms with Crippen LogP contribution >= 0.6 is 0 Å². The highest BCUT2D eigenvalue weighted by Crippen LogP contribution is 2.23. The van der Waals surface area contributed by atoms with E-state index in [1.54, 1.807) is 20.3 Å². The van der Waals surface area contributed by atoms with E-state index in [4.69, 9.17) is 9.47 Å². The molecular weight excluding hydrogens is 284 g/mol. The van der Waals surface area contributed by atoms with Crippen molar-refractivity contribution in [2.24, 2.45) is 0 Å². The zero-order valence-electron chi connectivity index (χ0n) is 13.6. The summed E-state index contributed by atoms with van der Waals surface area (Å²) < 4.78 is 10.4. The van der Waals surface area contributed by atoms with E-state index in [0.29, 0.717) is 24.3 Å². The van der Waals surface area contributed by atoms with Gasteiger partial charge in [-0.25, -0.2) is 0 Å². The third-order valence-corrected chi connectivity index (χ3v) is 2.95. The smallest absolute Gasteiger partial charge is 0.239 e. The van der Waals surface area contributed by atoms with E-state index in [1.807, 2.05) is 26.0 Å². The number of ether oxygens (including phenoxy) is 2. The largest absolute Gasteiger partial charge is 0.497 e. The van der Waals surface area contributed by atoms with Gasteiger partial charge in [-0.3, -0.25) is 9.59 Å². The van der Waals surface area contributed by atoms with Crippen molar-refractivity contribution in [3.05, 3.63) is 23.8 Å². The molecular formula is C16H24N2O4. The molecule has 6 heteroatoms. The van der Waals surface area contributed by atoms with E-state index < -0.39 is 0 Å². The van der Waals surface area contributed by atoms with Crippen LogP contribution in [0.3, 0.4) is 0 Å². The molecule has 0 fully saturated rings. The highest BCUT2D eigenvalue weighted by molar-refractivity contribution is 5.84. The second-order valence-corrected chi connectivity index (χ2v) is 5.22. The molecule has 122 valence electrons. The predicted molar refractivity (Wildman–Crippen MR) is 84.2 cm³/mol. The summed E-state index contributed by atoms with van der Waals surface area (Å²) in [5, 5.41) is 5.32. The zero-order chi connectivity index (χ0) is 16.5. The topological polar surface area (TPSA) is 76.7 Å². The Morgan fingerprint density at radius 1 is 1.05 bits per heavy atom. The van der Waals surface area contributed by atoms with Crippen molar-refractivity contribution < 1.29 is 19.1 Å². The number of amides is 2. The van der Waals surface area contributed by atoms with E-state index in [-0.39, 0.29) is 24.4 Å². The van der Waals surface area contributed by atoms with Gasteiger partial charge >= 0.3 is 0 Å². The monoisotopic (exact) mass is 308 g/mol. The van der Waals surface area contributed by atoms with Crippen LogP contribution in [0.1, 0.15) is 25.8 Å². The molecule has 1 aromatic rings. The minimum Gasteiger partial charge on any atom is -0.497 e. The molecule has 0 aromatic heterocycles. The predicted octanol–water partition coefficient (Wildman–Crippen LogP) is 1.28. The average molecular weight is 308 g/mol. The second kappa shape index (κ2) is 8.92. The molecule has 0 aliphatic rings. The van der Waals surface area contributed by atoms with Gasteiger partial charge in [-0.1, -0.05) is 0 Å². The van der Waals surface area contributed by atoms with Crippen LogP contribution in [0.5, 0.6) is 11.5 Å². The molecule has 1 aromatic carbocycles. The van der Waals surface area contributed by atoms with Gasteiger partial charge in [-0.2, -0.15) is 0 Å². The second-order valence-electron chi connectivity index (χ2n) is 5.22. The summed E-state index contributed by atoms with van der Waals surface area (Å²) in [6, 6.07) is 5.57. The Bertz CT molecular complexity index is 493. The Morgan fingerprint density at radius 2 is 1.64 bits per heavy atom. The maximum Gasteiger partial charge on any atom is 0.239 e. The van der Waals surface area contributed by atoms with Crippen molar-refractivity contribution >= 4 is 11.8 Å². The number of nitrogens with one attached hydrogen (secondary N) is 2. The fraction of sp³-hybridized carbons (Fsp3) is 0.500. The Kier molecular flexibility index (Phi) is 7.22. The lowest BCUT2D eigenvalue weighted by Gasteiger charge is -2.10. The molecule has 0 atom stereocenters. The molecule has 0 radical (unpaired) electrons. The molecule has 0 unspecified atom stereocenters. The van der Waals surface area contributed by atoms with Crippen molar-refractivity contribution in [3.8, 4) is 11.5 Å². The van der Waals surface area contributed by atoms with Crippen LogP contribution in [0, 0.1) is 0 Å². The van der Waals surface area contributed by atoms with Gasteiger partial charge in [-0.05, 0) is 38.0 Å². The number of aryl methyl sites for hydroxylation is 1. The quantitative estimate of drug-likeness (QED) is 0.758. The Labute approximate surface area is 131 Å². The number of carbonyl (C=O) groups is 2. The minimum atomic E-state index is -0.189. The molecule has 1 rings (SSSR count). The summed E-state index contributed by atoms with van der Waals surface area (Å²) in [6.07, 6.45) is 0.844. The van der Waals surface area contributed by atoms with Gasteiger partial charge in [0.2, 0.25) is 11.8 Å². The lowest BCUT2D eigenvalue weighted by Crippen LogP contribution is -2.39. The van der Waals surface area contributed by atoms with E-state index in [9.17, 15) is 9.59 Å². The van der Waals surface area contributed by atoms with Crippen LogP contribution in [-0.4, -0.2) is 38.6 Å². The first-order valence-electron chi connectivity index (χ1n) is 7.22. The molecule has 6 nitrogen and oxygen atoms in total. The van der Waals surface area contributed by atoms with E-state index in [2.05, 4.69) is 10.6 Å². The average Bonchev–Trinajstić information content (AvgIpc) is 2.49. The van der Waals surface area contributed by atoms with Gasteiger partial charge in [-0.15, -0.1) is 0 Å². The summed E-state index contributed by atoms with van der Waals surface area (Å²) >= 11 is 0. The number of benzene rings is 1. The Morgan fingerprint density at radius 3 is 2.14 bits per heavy atom. The molecule has 2 N–H and O–H groups in total. The van der Waals surface area contributed by atoms with Crippen LogP contribution < -0.4 is 20.1 Å². The first-order chi connectivity index (χ1) is 10.4. The van der Waals surface area contributed by atoms with Crippen LogP contribution in [0.25, 0.3) is 0 Å². The van der Waals surface area contributed by atoms with Gasteiger partial charge in [0.1, 0.15) is 11.5 Å². The SMILES string of the molecule is COc1cc(CCC(=O)NCC(=O)NC(C)C)cc(OC)c1. The first kappa shape index (κ1) is 17.8. The molecule has 0 heterocycles. The minimum absolute atomic E-state index is 0.00154. The number of carbonyl (C=O) groups excluding carboxylic acids is 2.